The average Bonchev–Trinajstić information content (AvgIpc) is 3.10. The van der Waals surface area contributed by atoms with E-state index in [-0.39, 0.29) is 10.4 Å². The summed E-state index contributed by atoms with van der Waals surface area (Å²) in [4.78, 5) is 22.3. The lowest BCUT2D eigenvalue weighted by Crippen LogP contribution is -2.04. The van der Waals surface area contributed by atoms with Gasteiger partial charge >= 0.3 is 11.9 Å². The van der Waals surface area contributed by atoms with Gasteiger partial charge in [0.15, 0.2) is 0 Å². The Bertz CT molecular complexity index is 846. The highest BCUT2D eigenvalue weighted by molar-refractivity contribution is 9.11. The molecule has 0 amide bonds. The predicted molar refractivity (Wildman–Crippen MR) is 96.4 cm³/mol. The van der Waals surface area contributed by atoms with E-state index in [4.69, 9.17) is 20.4 Å². The number of aromatic carboxylic acids is 1. The van der Waals surface area contributed by atoms with Crippen LogP contribution >= 0.6 is 54.5 Å². The molecule has 2 aromatic rings. The summed E-state index contributed by atoms with van der Waals surface area (Å²) < 4.78 is 6.19. The number of halogens is 2. The van der Waals surface area contributed by atoms with E-state index in [1.807, 2.05) is 6.07 Å². The van der Waals surface area contributed by atoms with Crippen LogP contribution in [0.2, 0.25) is 0 Å². The highest BCUT2D eigenvalue weighted by atomic mass is 79.9. The number of carboxylic acids is 1. The van der Waals surface area contributed by atoms with Gasteiger partial charge < -0.3 is 9.84 Å². The van der Waals surface area contributed by atoms with Crippen molar-refractivity contribution >= 4 is 66.5 Å². The van der Waals surface area contributed by atoms with Crippen molar-refractivity contribution < 1.29 is 19.4 Å². The van der Waals surface area contributed by atoms with Crippen molar-refractivity contribution in [3.05, 3.63) is 40.6 Å². The highest BCUT2D eigenvalue weighted by Crippen LogP contribution is 2.27. The molecule has 0 spiro atoms. The molecule has 0 fully saturated rings. The maximum Gasteiger partial charge on any atom is 0.340 e. The fourth-order valence-electron chi connectivity index (χ4n) is 1.41. The number of carbonyl (C=O) groups is 2. The van der Waals surface area contributed by atoms with Crippen LogP contribution in [-0.2, 0) is 4.74 Å². The minimum absolute atomic E-state index is 0.0596. The smallest absolute Gasteiger partial charge is 0.340 e. The van der Waals surface area contributed by atoms with E-state index in [9.17, 15) is 9.59 Å². The molecule has 0 unspecified atom stereocenters. The maximum absolute atomic E-state index is 11.3. The summed E-state index contributed by atoms with van der Waals surface area (Å²) in [5.74, 6) is -1.51. The van der Waals surface area contributed by atoms with Crippen LogP contribution in [0.25, 0.3) is 0 Å². The summed E-state index contributed by atoms with van der Waals surface area (Å²) in [5.41, 5.74) is 0.394. The first-order valence-corrected chi connectivity index (χ1v) is 9.35. The Morgan fingerprint density at radius 2 is 1.58 bits per heavy atom. The molecule has 0 aromatic carbocycles. The molecule has 6 nitrogen and oxygen atoms in total. The molecule has 0 aliphatic carbocycles. The number of ether oxygens (including phenoxy) is 1. The van der Waals surface area contributed by atoms with Crippen molar-refractivity contribution in [3.8, 4) is 12.1 Å². The molecule has 0 atom stereocenters. The monoisotopic (exact) mass is 490 g/mol. The molecule has 24 heavy (non-hydrogen) atoms. The summed E-state index contributed by atoms with van der Waals surface area (Å²) in [6.07, 6.45) is 0. The van der Waals surface area contributed by atoms with Crippen LogP contribution in [0.4, 0.5) is 0 Å². The summed E-state index contributed by atoms with van der Waals surface area (Å²) in [6.45, 7) is 2.04. The van der Waals surface area contributed by atoms with Gasteiger partial charge in [0.05, 0.1) is 25.3 Å². The van der Waals surface area contributed by atoms with Crippen molar-refractivity contribution in [2.75, 3.05) is 6.61 Å². The number of nitrogens with zero attached hydrogens (tertiary/aromatic N) is 2. The molecule has 0 radical (unpaired) electrons. The number of carbonyl (C=O) groups excluding carboxylic acids is 1. The molecule has 124 valence electrons. The third-order valence-corrected chi connectivity index (χ3v) is 5.42. The van der Waals surface area contributed by atoms with Crippen molar-refractivity contribution in [1.82, 2.24) is 0 Å². The van der Waals surface area contributed by atoms with E-state index in [0.717, 1.165) is 15.1 Å². The summed E-state index contributed by atoms with van der Waals surface area (Å²) in [7, 11) is 0. The molecular formula is C14H8Br2N2O4S2. The first kappa shape index (κ1) is 20.3. The van der Waals surface area contributed by atoms with Crippen molar-refractivity contribution in [3.63, 3.8) is 0 Å². The zero-order valence-corrected chi connectivity index (χ0v) is 16.8. The maximum atomic E-state index is 11.3. The Morgan fingerprint density at radius 3 is 1.96 bits per heavy atom. The molecule has 0 bridgehead atoms. The van der Waals surface area contributed by atoms with Gasteiger partial charge in [0.25, 0.3) is 0 Å². The normalized spacial score (nSPS) is 9.21. The zero-order chi connectivity index (χ0) is 18.3. The van der Waals surface area contributed by atoms with Gasteiger partial charge in [-0.05, 0) is 50.9 Å². The van der Waals surface area contributed by atoms with Gasteiger partial charge in [-0.3, -0.25) is 0 Å². The van der Waals surface area contributed by atoms with Gasteiger partial charge in [-0.15, -0.1) is 22.7 Å². The number of esters is 1. The van der Waals surface area contributed by atoms with Crippen LogP contribution in [0.3, 0.4) is 0 Å². The number of hydrogen-bond acceptors (Lipinski definition) is 7. The lowest BCUT2D eigenvalue weighted by Gasteiger charge is -1.97. The lowest BCUT2D eigenvalue weighted by atomic mass is 10.3. The van der Waals surface area contributed by atoms with Crippen molar-refractivity contribution in [2.24, 2.45) is 0 Å². The second-order valence-corrected chi connectivity index (χ2v) is 8.70. The van der Waals surface area contributed by atoms with Crippen LogP contribution < -0.4 is 0 Å². The molecule has 0 aliphatic rings. The fraction of sp³-hybridized carbons (Fsp3) is 0.143. The Hall–Kier alpha value is -1.72. The number of carboxylic acid groups (broad SMARTS) is 1. The topological polar surface area (TPSA) is 111 Å². The molecule has 0 saturated heterocycles. The minimum atomic E-state index is -1.07. The molecule has 2 aromatic heterocycles. The van der Waals surface area contributed by atoms with Crippen molar-refractivity contribution in [1.29, 1.82) is 10.5 Å². The van der Waals surface area contributed by atoms with E-state index >= 15 is 0 Å². The predicted octanol–water partition coefficient (Wildman–Crippen LogP) is 4.64. The third-order valence-electron chi connectivity index (χ3n) is 2.33. The second-order valence-electron chi connectivity index (χ2n) is 3.84. The van der Waals surface area contributed by atoms with Gasteiger partial charge in [-0.1, -0.05) is 0 Å². The Morgan fingerprint density at radius 1 is 1.12 bits per heavy atom. The molecule has 2 rings (SSSR count). The van der Waals surface area contributed by atoms with Gasteiger partial charge in [0, 0.05) is 0 Å². The number of thiophene rings is 2. The average molecular weight is 492 g/mol. The molecule has 0 aliphatic heterocycles. The summed E-state index contributed by atoms with van der Waals surface area (Å²) in [6, 6.07) is 6.77. The standard InChI is InChI=1S/C8H6BrNO2S.C6H2BrNO2S/c1-2-12-8(11)5-3-7(9)13-6(5)4-10;7-5-1-3(6(9)10)4(2-8)11-5/h3H,2H2,1H3;1H,(H,9,10). The van der Waals surface area contributed by atoms with E-state index in [0.29, 0.717) is 20.8 Å². The molecule has 1 N–H and O–H groups in total. The summed E-state index contributed by atoms with van der Waals surface area (Å²) >= 11 is 8.64. The van der Waals surface area contributed by atoms with Gasteiger partial charge in [0.2, 0.25) is 0 Å². The van der Waals surface area contributed by atoms with Crippen LogP contribution in [0, 0.1) is 22.7 Å². The quantitative estimate of drug-likeness (QED) is 0.626. The zero-order valence-electron chi connectivity index (χ0n) is 12.0. The Kier molecular flexibility index (Phi) is 8.08. The van der Waals surface area contributed by atoms with Gasteiger partial charge in [-0.25, -0.2) is 9.59 Å². The Labute approximate surface area is 162 Å². The lowest BCUT2D eigenvalue weighted by molar-refractivity contribution is 0.0526. The minimum Gasteiger partial charge on any atom is -0.478 e. The van der Waals surface area contributed by atoms with Crippen LogP contribution in [0.1, 0.15) is 37.4 Å². The van der Waals surface area contributed by atoms with Crippen molar-refractivity contribution in [2.45, 2.75) is 6.92 Å². The number of hydrogen-bond donors (Lipinski definition) is 1. The molecule has 2 heterocycles. The van der Waals surface area contributed by atoms with Crippen LogP contribution in [-0.4, -0.2) is 23.7 Å². The SMILES string of the molecule is CCOC(=O)c1cc(Br)sc1C#N.N#Cc1sc(Br)cc1C(=O)O. The van der Waals surface area contributed by atoms with E-state index < -0.39 is 11.9 Å². The largest absolute Gasteiger partial charge is 0.478 e. The van der Waals surface area contributed by atoms with Crippen LogP contribution in [0.5, 0.6) is 0 Å². The highest BCUT2D eigenvalue weighted by Gasteiger charge is 2.15. The summed E-state index contributed by atoms with van der Waals surface area (Å²) in [5, 5.41) is 25.7. The third kappa shape index (κ3) is 5.42. The number of rotatable bonds is 3. The molecular weight excluding hydrogens is 484 g/mol. The fourth-order valence-corrected chi connectivity index (χ4v) is 4.18. The molecule has 0 saturated carbocycles. The van der Waals surface area contributed by atoms with Gasteiger partial charge in [0.1, 0.15) is 21.9 Å². The molecule has 10 heteroatoms. The number of nitriles is 2. The van der Waals surface area contributed by atoms with Crippen LogP contribution in [0.15, 0.2) is 19.7 Å². The van der Waals surface area contributed by atoms with Gasteiger partial charge in [-0.2, -0.15) is 10.5 Å². The Balaban J connectivity index is 0.000000243. The first-order valence-electron chi connectivity index (χ1n) is 6.13. The van der Waals surface area contributed by atoms with E-state index in [1.54, 1.807) is 19.1 Å². The second kappa shape index (κ2) is 9.55. The first-order chi connectivity index (χ1) is 11.3. The van der Waals surface area contributed by atoms with E-state index in [1.165, 1.54) is 17.4 Å². The van der Waals surface area contributed by atoms with E-state index in [2.05, 4.69) is 31.9 Å².